The number of carbonyl (C=O) groups excluding carboxylic acids is 1. The Kier molecular flexibility index (Phi) is 4.77. The fourth-order valence-electron chi connectivity index (χ4n) is 3.31. The number of hydrogen-bond donors (Lipinski definition) is 0. The van der Waals surface area contributed by atoms with Crippen molar-refractivity contribution in [3.63, 3.8) is 0 Å². The number of aromatic nitrogens is 4. The lowest BCUT2D eigenvalue weighted by Crippen LogP contribution is -2.44. The van der Waals surface area contributed by atoms with Gasteiger partial charge in [0.15, 0.2) is 17.6 Å². The molecule has 4 rings (SSSR count). The molecule has 3 aromatic rings. The van der Waals surface area contributed by atoms with Crippen LogP contribution in [0.5, 0.6) is 11.5 Å². The molecule has 3 heterocycles. The Labute approximate surface area is 163 Å². The molecule has 1 aliphatic rings. The van der Waals surface area contributed by atoms with Crippen LogP contribution in [-0.4, -0.2) is 49.4 Å². The molecule has 8 heteroatoms. The second-order valence-electron chi connectivity index (χ2n) is 6.93. The van der Waals surface area contributed by atoms with Crippen LogP contribution in [0.25, 0.3) is 0 Å². The molecule has 2 aromatic heterocycles. The maximum Gasteiger partial charge on any atom is 0.272 e. The van der Waals surface area contributed by atoms with E-state index in [-0.39, 0.29) is 12.0 Å². The lowest BCUT2D eigenvalue weighted by atomic mass is 10.2. The number of fused-ring (bicyclic) bond motifs is 1. The highest BCUT2D eigenvalue weighted by molar-refractivity contribution is 5.92. The maximum absolute atomic E-state index is 13.3. The van der Waals surface area contributed by atoms with Gasteiger partial charge in [0.1, 0.15) is 18.1 Å². The van der Waals surface area contributed by atoms with Gasteiger partial charge in [0.25, 0.3) is 5.91 Å². The van der Waals surface area contributed by atoms with Crippen molar-refractivity contribution in [1.82, 2.24) is 24.2 Å². The Hall–Kier alpha value is -3.29. The predicted molar refractivity (Wildman–Crippen MR) is 102 cm³/mol. The minimum atomic E-state index is -0.270. The van der Waals surface area contributed by atoms with Gasteiger partial charge in [-0.3, -0.25) is 9.48 Å². The third kappa shape index (κ3) is 3.58. The number of nitrogens with zero attached hydrogens (tertiary/aromatic N) is 5. The number of ether oxygens (including phenoxy) is 2. The first-order valence-electron chi connectivity index (χ1n) is 9.16. The fraction of sp³-hybridized carbons (Fsp3) is 0.350. The number of carbonyl (C=O) groups is 1. The second-order valence-corrected chi connectivity index (χ2v) is 6.93. The Morgan fingerprint density at radius 1 is 1.29 bits per heavy atom. The van der Waals surface area contributed by atoms with Crippen molar-refractivity contribution in [1.29, 1.82) is 0 Å². The summed E-state index contributed by atoms with van der Waals surface area (Å²) in [5.74, 6) is 2.10. The van der Waals surface area contributed by atoms with Crippen LogP contribution in [0, 0.1) is 6.92 Å². The van der Waals surface area contributed by atoms with Crippen LogP contribution >= 0.6 is 0 Å². The van der Waals surface area contributed by atoms with E-state index in [4.69, 9.17) is 9.47 Å². The van der Waals surface area contributed by atoms with Crippen molar-refractivity contribution >= 4 is 5.91 Å². The summed E-state index contributed by atoms with van der Waals surface area (Å²) in [4.78, 5) is 19.4. The summed E-state index contributed by atoms with van der Waals surface area (Å²) in [7, 11) is 3.69. The lowest BCUT2D eigenvalue weighted by molar-refractivity contribution is 0.0430. The Bertz CT molecular complexity index is 993. The zero-order valence-corrected chi connectivity index (χ0v) is 16.2. The summed E-state index contributed by atoms with van der Waals surface area (Å²) < 4.78 is 15.4. The van der Waals surface area contributed by atoms with Crippen LogP contribution in [0.1, 0.15) is 22.0 Å². The van der Waals surface area contributed by atoms with Crippen molar-refractivity contribution < 1.29 is 14.3 Å². The summed E-state index contributed by atoms with van der Waals surface area (Å²) >= 11 is 0. The number of hydrogen-bond acceptors (Lipinski definition) is 5. The second kappa shape index (κ2) is 7.38. The summed E-state index contributed by atoms with van der Waals surface area (Å²) in [6.45, 7) is 3.00. The molecular formula is C20H23N5O3. The minimum Gasteiger partial charge on any atom is -0.486 e. The molecule has 0 radical (unpaired) electrons. The van der Waals surface area contributed by atoms with E-state index in [2.05, 4.69) is 10.1 Å². The van der Waals surface area contributed by atoms with E-state index in [9.17, 15) is 4.79 Å². The number of amides is 1. The van der Waals surface area contributed by atoms with Crippen molar-refractivity contribution in [2.45, 2.75) is 19.6 Å². The molecule has 1 unspecified atom stereocenters. The minimum absolute atomic E-state index is 0.117. The number of aryl methyl sites for hydroxylation is 3. The van der Waals surface area contributed by atoms with Gasteiger partial charge in [-0.05, 0) is 25.1 Å². The summed E-state index contributed by atoms with van der Waals surface area (Å²) in [6.07, 6.45) is 3.32. The highest BCUT2D eigenvalue weighted by atomic mass is 16.6. The van der Waals surface area contributed by atoms with Gasteiger partial charge in [-0.1, -0.05) is 12.1 Å². The molecule has 0 bridgehead atoms. The molecule has 0 aliphatic carbocycles. The van der Waals surface area contributed by atoms with Gasteiger partial charge in [0, 0.05) is 26.5 Å². The van der Waals surface area contributed by atoms with E-state index in [0.717, 1.165) is 17.3 Å². The SMILES string of the molecule is Cc1cc(C(=O)N(Cc2nccn2C)CC2COc3ccccc3O2)n(C)n1. The number of imidazole rings is 1. The van der Waals surface area contributed by atoms with Crippen LogP contribution in [0.3, 0.4) is 0 Å². The van der Waals surface area contributed by atoms with E-state index in [1.54, 1.807) is 28.9 Å². The topological polar surface area (TPSA) is 74.4 Å². The van der Waals surface area contributed by atoms with E-state index in [0.29, 0.717) is 31.1 Å². The van der Waals surface area contributed by atoms with E-state index in [1.807, 2.05) is 49.0 Å². The quantitative estimate of drug-likeness (QED) is 0.675. The van der Waals surface area contributed by atoms with Gasteiger partial charge in [-0.25, -0.2) is 4.98 Å². The van der Waals surface area contributed by atoms with E-state index >= 15 is 0 Å². The molecule has 0 spiro atoms. The average molecular weight is 381 g/mol. The smallest absolute Gasteiger partial charge is 0.272 e. The van der Waals surface area contributed by atoms with Crippen LogP contribution < -0.4 is 9.47 Å². The van der Waals surface area contributed by atoms with Crippen LogP contribution in [0.15, 0.2) is 42.7 Å². The van der Waals surface area contributed by atoms with Gasteiger partial charge in [-0.2, -0.15) is 5.10 Å². The Morgan fingerprint density at radius 3 is 2.75 bits per heavy atom. The molecule has 1 aromatic carbocycles. The van der Waals surface area contributed by atoms with Gasteiger partial charge >= 0.3 is 0 Å². The standard InChI is InChI=1S/C20H23N5O3/c1-14-10-16(24(3)22-14)20(26)25(12-19-21-8-9-23(19)2)11-15-13-27-17-6-4-5-7-18(17)28-15/h4-10,15H,11-13H2,1-3H3. The third-order valence-corrected chi connectivity index (χ3v) is 4.75. The zero-order chi connectivity index (χ0) is 19.7. The molecule has 1 amide bonds. The van der Waals surface area contributed by atoms with E-state index < -0.39 is 0 Å². The van der Waals surface area contributed by atoms with E-state index in [1.165, 1.54) is 0 Å². The fourth-order valence-corrected chi connectivity index (χ4v) is 3.31. The molecule has 146 valence electrons. The Balaban J connectivity index is 1.57. The number of rotatable bonds is 5. The van der Waals surface area contributed by atoms with Crippen LogP contribution in [0.4, 0.5) is 0 Å². The average Bonchev–Trinajstić information content (AvgIpc) is 3.24. The summed E-state index contributed by atoms with van der Waals surface area (Å²) in [6, 6.07) is 9.35. The first-order valence-corrected chi connectivity index (χ1v) is 9.16. The first-order chi connectivity index (χ1) is 13.5. The summed E-state index contributed by atoms with van der Waals surface area (Å²) in [5.41, 5.74) is 1.33. The monoisotopic (exact) mass is 381 g/mol. The number of benzene rings is 1. The first kappa shape index (κ1) is 18.1. The molecule has 8 nitrogen and oxygen atoms in total. The maximum atomic E-state index is 13.3. The van der Waals surface area contributed by atoms with Gasteiger partial charge in [0.2, 0.25) is 0 Å². The predicted octanol–water partition coefficient (Wildman–Crippen LogP) is 1.94. The van der Waals surface area contributed by atoms with Gasteiger partial charge < -0.3 is 18.9 Å². The molecule has 0 fully saturated rings. The third-order valence-electron chi connectivity index (χ3n) is 4.75. The van der Waals surface area contributed by atoms with Crippen molar-refractivity contribution in [3.8, 4) is 11.5 Å². The summed E-state index contributed by atoms with van der Waals surface area (Å²) in [5, 5.41) is 4.30. The lowest BCUT2D eigenvalue weighted by Gasteiger charge is -2.31. The van der Waals surface area contributed by atoms with Crippen molar-refractivity contribution in [2.24, 2.45) is 14.1 Å². The molecule has 1 atom stereocenters. The molecular weight excluding hydrogens is 358 g/mol. The number of para-hydroxylation sites is 2. The Morgan fingerprint density at radius 2 is 2.07 bits per heavy atom. The zero-order valence-electron chi connectivity index (χ0n) is 16.2. The normalized spacial score (nSPS) is 15.5. The van der Waals surface area contributed by atoms with Crippen molar-refractivity contribution in [2.75, 3.05) is 13.2 Å². The highest BCUT2D eigenvalue weighted by Gasteiger charge is 2.28. The molecule has 28 heavy (non-hydrogen) atoms. The molecule has 0 saturated heterocycles. The molecule has 0 N–H and O–H groups in total. The van der Waals surface area contributed by atoms with Gasteiger partial charge in [0.05, 0.1) is 18.8 Å². The largest absolute Gasteiger partial charge is 0.486 e. The van der Waals surface area contributed by atoms with Crippen LogP contribution in [0.2, 0.25) is 0 Å². The molecule has 0 saturated carbocycles. The van der Waals surface area contributed by atoms with Crippen molar-refractivity contribution in [3.05, 3.63) is 59.9 Å². The van der Waals surface area contributed by atoms with Crippen LogP contribution in [-0.2, 0) is 20.6 Å². The molecule has 1 aliphatic heterocycles. The highest BCUT2D eigenvalue weighted by Crippen LogP contribution is 2.31. The van der Waals surface area contributed by atoms with Gasteiger partial charge in [-0.15, -0.1) is 0 Å².